The van der Waals surface area contributed by atoms with Gasteiger partial charge in [0.2, 0.25) is 0 Å². The van der Waals surface area contributed by atoms with Crippen molar-refractivity contribution < 1.29 is 14.4 Å². The normalized spacial score (nSPS) is 30.0. The molecule has 1 spiro atoms. The maximum atomic E-state index is 14.5. The minimum absolute atomic E-state index is 0.181. The molecule has 4 rings (SSSR count). The molecule has 2 fully saturated rings. The van der Waals surface area contributed by atoms with Crippen LogP contribution >= 0.6 is 0 Å². The Morgan fingerprint density at radius 1 is 1.36 bits per heavy atom. The van der Waals surface area contributed by atoms with E-state index in [0.717, 1.165) is 18.5 Å². The first-order valence-electron chi connectivity index (χ1n) is 9.18. The summed E-state index contributed by atoms with van der Waals surface area (Å²) in [5.41, 5.74) is 3.84. The Hall–Kier alpha value is -1.50. The number of rotatable bonds is 2. The molecular formula is C19H26FN3O2. The largest absolute Gasteiger partial charge is 0.306 e. The first-order valence-corrected chi connectivity index (χ1v) is 9.18. The van der Waals surface area contributed by atoms with Gasteiger partial charge in [-0.1, -0.05) is 0 Å². The van der Waals surface area contributed by atoms with Gasteiger partial charge in [0.15, 0.2) is 0 Å². The smallest absolute Gasteiger partial charge is 0.274 e. The van der Waals surface area contributed by atoms with Crippen LogP contribution in [0.2, 0.25) is 0 Å². The second kappa shape index (κ2) is 6.34. The van der Waals surface area contributed by atoms with E-state index in [-0.39, 0.29) is 11.4 Å². The molecule has 5 nitrogen and oxygen atoms in total. The number of benzene rings is 1. The number of hydrogen-bond acceptors (Lipinski definition) is 4. The Balaban J connectivity index is 1.49. The molecule has 0 radical (unpaired) electrons. The number of carbonyl (C=O) groups is 1. The molecule has 1 aliphatic carbocycles. The van der Waals surface area contributed by atoms with E-state index in [0.29, 0.717) is 23.6 Å². The fourth-order valence-corrected chi connectivity index (χ4v) is 5.16. The van der Waals surface area contributed by atoms with Crippen LogP contribution in [0, 0.1) is 11.2 Å². The zero-order valence-corrected chi connectivity index (χ0v) is 14.7. The molecule has 25 heavy (non-hydrogen) atoms. The lowest BCUT2D eigenvalue weighted by Gasteiger charge is -2.35. The van der Waals surface area contributed by atoms with Crippen LogP contribution in [0.15, 0.2) is 12.1 Å². The van der Waals surface area contributed by atoms with Gasteiger partial charge in [0.05, 0.1) is 0 Å². The van der Waals surface area contributed by atoms with Crippen molar-refractivity contribution in [2.24, 2.45) is 5.41 Å². The van der Waals surface area contributed by atoms with Gasteiger partial charge in [0.1, 0.15) is 5.82 Å². The zero-order valence-electron chi connectivity index (χ0n) is 14.7. The van der Waals surface area contributed by atoms with Crippen molar-refractivity contribution in [2.75, 3.05) is 26.7 Å². The van der Waals surface area contributed by atoms with Crippen LogP contribution in [0.3, 0.4) is 0 Å². The highest BCUT2D eigenvalue weighted by atomic mass is 19.1. The second-order valence-corrected chi connectivity index (χ2v) is 8.14. The van der Waals surface area contributed by atoms with Gasteiger partial charge in [0, 0.05) is 36.8 Å². The molecule has 3 aliphatic rings. The van der Waals surface area contributed by atoms with Crippen molar-refractivity contribution in [2.45, 2.75) is 44.7 Å². The van der Waals surface area contributed by atoms with E-state index in [2.05, 4.69) is 16.8 Å². The number of carbonyl (C=O) groups excluding carboxylic acids is 1. The Kier molecular flexibility index (Phi) is 4.30. The van der Waals surface area contributed by atoms with Crippen molar-refractivity contribution in [1.29, 1.82) is 0 Å². The van der Waals surface area contributed by atoms with Crippen molar-refractivity contribution in [3.05, 3.63) is 34.6 Å². The standard InChI is InChI=1S/C19H26FN3O2/c1-22-7-5-19(12-22)4-2-15(10-19)23-6-3-13-8-14(18(24)21-25)9-17(20)16(13)11-23/h8-9,15,25H,2-7,10-12H2,1H3,(H,21,24)/t15-,19-/m1/s1. The summed E-state index contributed by atoms with van der Waals surface area (Å²) < 4.78 is 14.5. The third kappa shape index (κ3) is 3.07. The van der Waals surface area contributed by atoms with Crippen molar-refractivity contribution >= 4 is 5.91 Å². The molecule has 0 bridgehead atoms. The molecule has 0 unspecified atom stereocenters. The first kappa shape index (κ1) is 16.9. The van der Waals surface area contributed by atoms with E-state index >= 15 is 0 Å². The number of nitrogens with one attached hydrogen (secondary N) is 1. The van der Waals surface area contributed by atoms with E-state index in [9.17, 15) is 9.18 Å². The fraction of sp³-hybridized carbons (Fsp3) is 0.632. The molecule has 1 aromatic carbocycles. The number of nitrogens with zero attached hydrogens (tertiary/aromatic N) is 2. The number of amides is 1. The maximum absolute atomic E-state index is 14.5. The molecule has 0 aromatic heterocycles. The molecule has 1 aromatic rings. The van der Waals surface area contributed by atoms with Crippen LogP contribution in [0.1, 0.15) is 47.2 Å². The summed E-state index contributed by atoms with van der Waals surface area (Å²) in [6, 6.07) is 3.48. The quantitative estimate of drug-likeness (QED) is 0.636. The molecule has 2 aliphatic heterocycles. The molecular weight excluding hydrogens is 321 g/mol. The summed E-state index contributed by atoms with van der Waals surface area (Å²) in [5.74, 6) is -0.999. The Morgan fingerprint density at radius 3 is 2.92 bits per heavy atom. The molecule has 136 valence electrons. The average molecular weight is 347 g/mol. The van der Waals surface area contributed by atoms with E-state index in [1.54, 1.807) is 11.5 Å². The topological polar surface area (TPSA) is 55.8 Å². The lowest BCUT2D eigenvalue weighted by Crippen LogP contribution is -2.39. The first-order chi connectivity index (χ1) is 12.0. The van der Waals surface area contributed by atoms with Crippen molar-refractivity contribution in [3.8, 4) is 0 Å². The summed E-state index contributed by atoms with van der Waals surface area (Å²) in [6.07, 6.45) is 5.75. The molecule has 6 heteroatoms. The molecule has 1 amide bonds. The van der Waals surface area contributed by atoms with Crippen LogP contribution in [-0.2, 0) is 13.0 Å². The Bertz CT molecular complexity index is 695. The lowest BCUT2D eigenvalue weighted by atomic mass is 9.85. The number of hydrogen-bond donors (Lipinski definition) is 2. The van der Waals surface area contributed by atoms with E-state index < -0.39 is 5.91 Å². The van der Waals surface area contributed by atoms with Crippen LogP contribution in [0.4, 0.5) is 4.39 Å². The highest BCUT2D eigenvalue weighted by Gasteiger charge is 2.45. The second-order valence-electron chi connectivity index (χ2n) is 8.14. The molecule has 1 saturated carbocycles. The van der Waals surface area contributed by atoms with Crippen molar-refractivity contribution in [1.82, 2.24) is 15.3 Å². The zero-order chi connectivity index (χ0) is 17.6. The van der Waals surface area contributed by atoms with Gasteiger partial charge in [-0.05, 0) is 68.8 Å². The maximum Gasteiger partial charge on any atom is 0.274 e. The lowest BCUT2D eigenvalue weighted by molar-refractivity contribution is 0.0705. The monoisotopic (exact) mass is 347 g/mol. The van der Waals surface area contributed by atoms with Crippen LogP contribution < -0.4 is 5.48 Å². The molecule has 2 N–H and O–H groups in total. The van der Waals surface area contributed by atoms with E-state index in [4.69, 9.17) is 5.21 Å². The van der Waals surface area contributed by atoms with Gasteiger partial charge in [-0.3, -0.25) is 14.9 Å². The van der Waals surface area contributed by atoms with Crippen LogP contribution in [0.25, 0.3) is 0 Å². The summed E-state index contributed by atoms with van der Waals surface area (Å²) >= 11 is 0. The minimum Gasteiger partial charge on any atom is -0.306 e. The van der Waals surface area contributed by atoms with E-state index in [1.807, 2.05) is 0 Å². The number of fused-ring (bicyclic) bond motifs is 1. The van der Waals surface area contributed by atoms with Crippen molar-refractivity contribution in [3.63, 3.8) is 0 Å². The summed E-state index contributed by atoms with van der Waals surface area (Å²) in [5, 5.41) is 8.75. The van der Waals surface area contributed by atoms with Gasteiger partial charge < -0.3 is 4.90 Å². The summed E-state index contributed by atoms with van der Waals surface area (Å²) in [6.45, 7) is 3.92. The number of hydroxylamine groups is 1. The third-order valence-electron chi connectivity index (χ3n) is 6.50. The minimum atomic E-state index is -0.660. The third-order valence-corrected chi connectivity index (χ3v) is 6.50. The highest BCUT2D eigenvalue weighted by Crippen LogP contribution is 2.47. The Labute approximate surface area is 147 Å². The number of halogens is 1. The summed E-state index contributed by atoms with van der Waals surface area (Å²) in [7, 11) is 2.20. The summed E-state index contributed by atoms with van der Waals surface area (Å²) in [4.78, 5) is 16.4. The van der Waals surface area contributed by atoms with Gasteiger partial charge in [-0.2, -0.15) is 0 Å². The molecule has 2 heterocycles. The highest BCUT2D eigenvalue weighted by molar-refractivity contribution is 5.93. The molecule has 1 saturated heterocycles. The molecule has 2 atom stereocenters. The van der Waals surface area contributed by atoms with Gasteiger partial charge >= 0.3 is 0 Å². The van der Waals surface area contributed by atoms with E-state index in [1.165, 1.54) is 44.8 Å². The van der Waals surface area contributed by atoms with Crippen LogP contribution in [-0.4, -0.2) is 53.6 Å². The van der Waals surface area contributed by atoms with Gasteiger partial charge in [0.25, 0.3) is 5.91 Å². The predicted molar refractivity (Wildman–Crippen MR) is 92.0 cm³/mol. The van der Waals surface area contributed by atoms with Gasteiger partial charge in [-0.25, -0.2) is 9.87 Å². The average Bonchev–Trinajstić information content (AvgIpc) is 3.20. The Morgan fingerprint density at radius 2 is 2.20 bits per heavy atom. The SMILES string of the molecule is CN1CC[C@@]2(CC[C@@H](N3CCc4cc(C(=O)NO)cc(F)c4C3)C2)C1. The van der Waals surface area contributed by atoms with Crippen LogP contribution in [0.5, 0.6) is 0 Å². The fourth-order valence-electron chi connectivity index (χ4n) is 5.16. The van der Waals surface area contributed by atoms with Gasteiger partial charge in [-0.15, -0.1) is 0 Å². The predicted octanol–water partition coefficient (Wildman–Crippen LogP) is 2.18. The number of likely N-dealkylation sites (tertiary alicyclic amines) is 1.